The van der Waals surface area contributed by atoms with Gasteiger partial charge in [0.2, 0.25) is 17.7 Å². The maximum atomic E-state index is 14.3. The van der Waals surface area contributed by atoms with E-state index >= 15 is 0 Å². The van der Waals surface area contributed by atoms with Gasteiger partial charge in [-0.3, -0.25) is 23.7 Å². The number of hydrogen-bond donors (Lipinski definition) is 3. The summed E-state index contributed by atoms with van der Waals surface area (Å²) in [5.74, 6) is -0.619. The maximum Gasteiger partial charge on any atom is 0.399 e. The highest BCUT2D eigenvalue weighted by Crippen LogP contribution is 2.59. The first-order valence-corrected chi connectivity index (χ1v) is 18.4. The van der Waals surface area contributed by atoms with Crippen molar-refractivity contribution in [3.8, 4) is 0 Å². The summed E-state index contributed by atoms with van der Waals surface area (Å²) >= 11 is 1.02. The second-order valence-electron chi connectivity index (χ2n) is 13.6. The molecule has 5 heterocycles. The molecule has 0 bridgehead atoms. The molecule has 4 aliphatic heterocycles. The van der Waals surface area contributed by atoms with Gasteiger partial charge in [-0.25, -0.2) is 0 Å². The predicted octanol–water partition coefficient (Wildman–Crippen LogP) is 2.72. The van der Waals surface area contributed by atoms with E-state index in [4.69, 9.17) is 14.5 Å². The first kappa shape index (κ1) is 32.6. The molecular weight excluding hydrogens is 657 g/mol. The molecule has 5 aliphatic rings. The van der Waals surface area contributed by atoms with Crippen molar-refractivity contribution in [3.05, 3.63) is 34.7 Å². The zero-order valence-electron chi connectivity index (χ0n) is 25.7. The van der Waals surface area contributed by atoms with Crippen molar-refractivity contribution < 1.29 is 47.0 Å². The van der Waals surface area contributed by atoms with Crippen LogP contribution in [0.25, 0.3) is 10.1 Å². The molecule has 1 aromatic heterocycles. The number of benzene rings is 1. The minimum absolute atomic E-state index is 0.0198. The lowest BCUT2D eigenvalue weighted by Gasteiger charge is -2.44. The van der Waals surface area contributed by atoms with Crippen LogP contribution in [-0.2, 0) is 29.3 Å². The number of halogens is 2. The molecule has 47 heavy (non-hydrogen) atoms. The molecule has 16 heteroatoms. The molecule has 5 fully saturated rings. The van der Waals surface area contributed by atoms with Gasteiger partial charge in [-0.05, 0) is 74.4 Å². The summed E-state index contributed by atoms with van der Waals surface area (Å²) in [6.45, 7) is 4.10. The number of nitrogens with one attached hydrogen (secondary N) is 1. The summed E-state index contributed by atoms with van der Waals surface area (Å²) in [6.07, 6.45) is 3.36. The summed E-state index contributed by atoms with van der Waals surface area (Å²) < 4.78 is 46.0. The van der Waals surface area contributed by atoms with Crippen LogP contribution in [-0.4, -0.2) is 105 Å². The van der Waals surface area contributed by atoms with E-state index in [1.165, 1.54) is 12.1 Å². The molecule has 1 unspecified atom stereocenters. The highest BCUT2D eigenvalue weighted by molar-refractivity contribution is 7.52. The number of fused-ring (bicyclic) bond motifs is 3. The Bertz CT molecular complexity index is 1680. The average molecular weight is 695 g/mol. The molecule has 1 aliphatic carbocycles. The Hall–Kier alpha value is -2.97. The second-order valence-corrected chi connectivity index (χ2v) is 16.3. The van der Waals surface area contributed by atoms with Gasteiger partial charge >= 0.3 is 13.3 Å². The van der Waals surface area contributed by atoms with Gasteiger partial charge in [-0.15, -0.1) is 11.3 Å². The second kappa shape index (κ2) is 11.9. The SMILES string of the molecule is C[C@H]1CN(C(=O)C2CN(C(=O)[C@@H]3CC[C@@H]4C[C@H]5C[C@H]5CC(NC(=O)c5cc6cc(C(F)(F)P(=O)(O)O)ccc6s5)C(=O)N43)C2)CCO1. The Labute approximate surface area is 273 Å². The van der Waals surface area contributed by atoms with Crippen LogP contribution in [0.1, 0.15) is 54.3 Å². The molecule has 12 nitrogen and oxygen atoms in total. The number of rotatable bonds is 6. The highest BCUT2D eigenvalue weighted by Gasteiger charge is 2.53. The Morgan fingerprint density at radius 2 is 1.77 bits per heavy atom. The van der Waals surface area contributed by atoms with Crippen LogP contribution >= 0.6 is 18.9 Å². The fourth-order valence-electron chi connectivity index (χ4n) is 7.67. The van der Waals surface area contributed by atoms with E-state index in [0.717, 1.165) is 36.3 Å². The quantitative estimate of drug-likeness (QED) is 0.390. The van der Waals surface area contributed by atoms with Crippen molar-refractivity contribution in [2.24, 2.45) is 17.8 Å². The molecule has 4 saturated heterocycles. The molecule has 2 aromatic rings. The van der Waals surface area contributed by atoms with Gasteiger partial charge in [-0.2, -0.15) is 8.78 Å². The largest absolute Gasteiger partial charge is 0.399 e. The number of thiophene rings is 1. The van der Waals surface area contributed by atoms with Crippen molar-refractivity contribution in [1.29, 1.82) is 0 Å². The standard InChI is InChI=1S/C31H37F2N4O8PS/c1-16-13-35(6-7-45-16)28(39)20-14-36(15-20)30(41)24-4-3-22-10-17-8-18(17)11-23(29(40)37(22)24)34-27(38)26-12-19-9-21(2-5-25(19)47-26)31(32,33)46(42,43)44/h2,5,9,12,16-18,20,22-24H,3-4,6-8,10-11,13-15H2,1H3,(H,34,38)(H2,42,43,44)/t16-,17+,18-,22+,23?,24-/m0/s1. The number of carbonyl (C=O) groups is 4. The third-order valence-electron chi connectivity index (χ3n) is 10.4. The van der Waals surface area contributed by atoms with Crippen molar-refractivity contribution in [1.82, 2.24) is 20.0 Å². The summed E-state index contributed by atoms with van der Waals surface area (Å²) in [5.41, 5.74) is -5.24. The van der Waals surface area contributed by atoms with Crippen molar-refractivity contribution in [2.75, 3.05) is 32.8 Å². The lowest BCUT2D eigenvalue weighted by molar-refractivity contribution is -0.158. The van der Waals surface area contributed by atoms with Crippen LogP contribution in [0, 0.1) is 17.8 Å². The topological polar surface area (TPSA) is 157 Å². The van der Waals surface area contributed by atoms with E-state index in [9.17, 15) is 32.5 Å². The maximum absolute atomic E-state index is 14.3. The van der Waals surface area contributed by atoms with Gasteiger partial charge in [0.05, 0.1) is 23.5 Å². The molecule has 0 spiro atoms. The monoisotopic (exact) mass is 694 g/mol. The minimum Gasteiger partial charge on any atom is -0.375 e. The Balaban J connectivity index is 1.04. The number of nitrogens with zero attached hydrogens (tertiary/aromatic N) is 3. The smallest absolute Gasteiger partial charge is 0.375 e. The zero-order valence-corrected chi connectivity index (χ0v) is 27.4. The summed E-state index contributed by atoms with van der Waals surface area (Å²) in [7, 11) is -5.76. The summed E-state index contributed by atoms with van der Waals surface area (Å²) in [6, 6.07) is 2.88. The molecule has 7 rings (SSSR count). The highest BCUT2D eigenvalue weighted by atomic mass is 32.1. The van der Waals surface area contributed by atoms with Gasteiger partial charge in [-0.1, -0.05) is 6.07 Å². The van der Waals surface area contributed by atoms with E-state index in [0.29, 0.717) is 62.7 Å². The first-order chi connectivity index (χ1) is 22.2. The van der Waals surface area contributed by atoms with Crippen LogP contribution in [0.5, 0.6) is 0 Å². The molecule has 1 aromatic carbocycles. The fraction of sp³-hybridized carbons (Fsp3) is 0.613. The van der Waals surface area contributed by atoms with E-state index in [1.54, 1.807) is 14.7 Å². The van der Waals surface area contributed by atoms with Gasteiger partial charge in [0.15, 0.2) is 0 Å². The predicted molar refractivity (Wildman–Crippen MR) is 166 cm³/mol. The molecule has 4 amide bonds. The third kappa shape index (κ3) is 5.98. The van der Waals surface area contributed by atoms with Crippen LogP contribution < -0.4 is 5.32 Å². The first-order valence-electron chi connectivity index (χ1n) is 16.0. The van der Waals surface area contributed by atoms with Crippen LogP contribution in [0.3, 0.4) is 0 Å². The van der Waals surface area contributed by atoms with Crippen LogP contribution in [0.15, 0.2) is 24.3 Å². The Morgan fingerprint density at radius 1 is 1.02 bits per heavy atom. The summed E-state index contributed by atoms with van der Waals surface area (Å²) in [5, 5.41) is 3.07. The zero-order chi connectivity index (χ0) is 33.4. The Morgan fingerprint density at radius 3 is 2.49 bits per heavy atom. The minimum atomic E-state index is -5.76. The Kier molecular flexibility index (Phi) is 8.22. The molecule has 6 atom stereocenters. The number of hydrogen-bond acceptors (Lipinski definition) is 7. The van der Waals surface area contributed by atoms with E-state index in [1.807, 2.05) is 6.92 Å². The average Bonchev–Trinajstić information content (AvgIpc) is 3.36. The van der Waals surface area contributed by atoms with Crippen LogP contribution in [0.4, 0.5) is 8.78 Å². The number of carbonyl (C=O) groups excluding carboxylic acids is 4. The van der Waals surface area contributed by atoms with Crippen molar-refractivity contribution in [3.63, 3.8) is 0 Å². The number of likely N-dealkylation sites (tertiary alicyclic amines) is 1. The van der Waals surface area contributed by atoms with E-state index in [2.05, 4.69) is 5.32 Å². The molecule has 254 valence electrons. The lowest BCUT2D eigenvalue weighted by Crippen LogP contribution is -2.63. The van der Waals surface area contributed by atoms with Gasteiger partial charge in [0.25, 0.3) is 5.91 Å². The molecule has 3 N–H and O–H groups in total. The van der Waals surface area contributed by atoms with E-state index in [-0.39, 0.29) is 52.0 Å². The van der Waals surface area contributed by atoms with Gasteiger partial charge in [0, 0.05) is 42.5 Å². The summed E-state index contributed by atoms with van der Waals surface area (Å²) in [4.78, 5) is 77.8. The molecule has 0 radical (unpaired) electrons. The van der Waals surface area contributed by atoms with Crippen molar-refractivity contribution in [2.45, 2.75) is 68.9 Å². The number of ether oxygens (including phenoxy) is 1. The van der Waals surface area contributed by atoms with Gasteiger partial charge < -0.3 is 34.5 Å². The third-order valence-corrected chi connectivity index (χ3v) is 12.5. The van der Waals surface area contributed by atoms with Crippen LogP contribution in [0.2, 0.25) is 0 Å². The number of amides is 4. The number of morpholine rings is 1. The molecular formula is C31H37F2N4O8PS. The fourth-order valence-corrected chi connectivity index (χ4v) is 9.10. The number of alkyl halides is 2. The lowest BCUT2D eigenvalue weighted by atomic mass is 9.96. The van der Waals surface area contributed by atoms with E-state index < -0.39 is 36.8 Å². The van der Waals surface area contributed by atoms with Gasteiger partial charge in [0.1, 0.15) is 12.1 Å². The molecule has 1 saturated carbocycles. The van der Waals surface area contributed by atoms with Crippen molar-refractivity contribution >= 4 is 52.6 Å². The normalized spacial score (nSPS) is 29.9.